The number of hydrogen-bond donors (Lipinski definition) is 0. The van der Waals surface area contributed by atoms with E-state index in [1.807, 2.05) is 70.5 Å². The lowest BCUT2D eigenvalue weighted by molar-refractivity contribution is -0.134. The Balaban J connectivity index is 1.59. The molecule has 7 nitrogen and oxygen atoms in total. The van der Waals surface area contributed by atoms with Gasteiger partial charge in [-0.1, -0.05) is 58.0 Å². The molecule has 1 heterocycles. The van der Waals surface area contributed by atoms with E-state index in [0.717, 1.165) is 56.2 Å². The van der Waals surface area contributed by atoms with Crippen LogP contribution in [-0.2, 0) is 4.79 Å². The van der Waals surface area contributed by atoms with Crippen molar-refractivity contribution < 1.29 is 19.1 Å². The summed E-state index contributed by atoms with van der Waals surface area (Å²) in [6, 6.07) is 15.1. The number of ether oxygens (including phenoxy) is 2. The molecule has 0 aromatic heterocycles. The lowest BCUT2D eigenvalue weighted by Gasteiger charge is -2.36. The maximum Gasteiger partial charge on any atom is 0.254 e. The van der Waals surface area contributed by atoms with Crippen molar-refractivity contribution in [1.29, 1.82) is 0 Å². The third-order valence-electron chi connectivity index (χ3n) is 7.28. The molecule has 0 spiro atoms. The average Bonchev–Trinajstić information content (AvgIpc) is 2.94. The van der Waals surface area contributed by atoms with Crippen molar-refractivity contribution in [1.82, 2.24) is 14.7 Å². The third kappa shape index (κ3) is 9.70. The van der Waals surface area contributed by atoms with Crippen LogP contribution in [0.5, 0.6) is 11.5 Å². The lowest BCUT2D eigenvalue weighted by atomic mass is 9.84. The van der Waals surface area contributed by atoms with Gasteiger partial charge in [0.15, 0.2) is 0 Å². The highest BCUT2D eigenvalue weighted by Crippen LogP contribution is 2.26. The topological polar surface area (TPSA) is 62.3 Å². The van der Waals surface area contributed by atoms with E-state index in [9.17, 15) is 9.59 Å². The Bertz CT molecular complexity index is 1120. The highest BCUT2D eigenvalue weighted by atomic mass is 16.5. The molecule has 2 aromatic carbocycles. The van der Waals surface area contributed by atoms with Gasteiger partial charge < -0.3 is 19.3 Å². The van der Waals surface area contributed by atoms with Gasteiger partial charge in [-0.15, -0.1) is 0 Å². The lowest BCUT2D eigenvalue weighted by Crippen LogP contribution is -2.50. The molecule has 218 valence electrons. The Morgan fingerprint density at radius 2 is 1.65 bits per heavy atom. The van der Waals surface area contributed by atoms with Gasteiger partial charge in [-0.3, -0.25) is 14.5 Å². The van der Waals surface area contributed by atoms with Crippen LogP contribution in [0.1, 0.15) is 56.5 Å². The van der Waals surface area contributed by atoms with Crippen LogP contribution in [-0.4, -0.2) is 86.5 Å². The molecule has 3 rings (SSSR count). The number of hydrogen-bond acceptors (Lipinski definition) is 5. The Labute approximate surface area is 240 Å². The molecular formula is C33H47N3O4. The van der Waals surface area contributed by atoms with E-state index in [0.29, 0.717) is 31.0 Å². The number of rotatable bonds is 12. The quantitative estimate of drug-likeness (QED) is 0.352. The summed E-state index contributed by atoms with van der Waals surface area (Å²) in [5.41, 5.74) is 1.83. The zero-order valence-corrected chi connectivity index (χ0v) is 25.2. The summed E-state index contributed by atoms with van der Waals surface area (Å²) in [6.45, 7) is 13.8. The molecule has 1 unspecified atom stereocenters. The standard InChI is InChI=1S/C33H47N3O4/c1-26(25-33(2,3)4)24-31(37)35-21-18-34(19-22-35)20-23-36(32(38)28-13-15-29(39-5)16-14-28)17-9-11-27-10-7-8-12-30(27)40-6/h7-16,26H,17-25H2,1-6H3/b11-9+. The summed E-state index contributed by atoms with van der Waals surface area (Å²) in [5, 5.41) is 0. The number of piperazine rings is 1. The minimum Gasteiger partial charge on any atom is -0.497 e. The highest BCUT2D eigenvalue weighted by molar-refractivity contribution is 5.94. The second-order valence-electron chi connectivity index (χ2n) is 11.9. The first-order chi connectivity index (χ1) is 19.1. The van der Waals surface area contributed by atoms with Gasteiger partial charge >= 0.3 is 0 Å². The zero-order valence-electron chi connectivity index (χ0n) is 25.2. The fourth-order valence-corrected chi connectivity index (χ4v) is 5.33. The molecule has 2 amide bonds. The molecule has 1 atom stereocenters. The second-order valence-corrected chi connectivity index (χ2v) is 11.9. The molecule has 1 fully saturated rings. The molecule has 2 aromatic rings. The summed E-state index contributed by atoms with van der Waals surface area (Å²) in [4.78, 5) is 32.6. The van der Waals surface area contributed by atoms with Gasteiger partial charge in [0, 0.05) is 63.4 Å². The Hall–Kier alpha value is -3.32. The molecule has 1 saturated heterocycles. The van der Waals surface area contributed by atoms with Crippen molar-refractivity contribution in [3.05, 3.63) is 65.7 Å². The predicted octanol–water partition coefficient (Wildman–Crippen LogP) is 5.47. The summed E-state index contributed by atoms with van der Waals surface area (Å²) < 4.78 is 10.7. The van der Waals surface area contributed by atoms with E-state index < -0.39 is 0 Å². The van der Waals surface area contributed by atoms with Gasteiger partial charge in [-0.25, -0.2) is 0 Å². The van der Waals surface area contributed by atoms with E-state index in [-0.39, 0.29) is 17.2 Å². The maximum atomic E-state index is 13.5. The Morgan fingerprint density at radius 3 is 2.27 bits per heavy atom. The largest absolute Gasteiger partial charge is 0.497 e. The molecule has 40 heavy (non-hydrogen) atoms. The fraction of sp³-hybridized carbons (Fsp3) is 0.515. The number of carbonyl (C=O) groups excluding carboxylic acids is 2. The minimum atomic E-state index is -0.0195. The second kappa shape index (κ2) is 14.9. The first kappa shape index (κ1) is 31.2. The molecule has 1 aliphatic heterocycles. The molecule has 0 N–H and O–H groups in total. The summed E-state index contributed by atoms with van der Waals surface area (Å²) in [5.74, 6) is 2.14. The van der Waals surface area contributed by atoms with Crippen LogP contribution in [0, 0.1) is 11.3 Å². The van der Waals surface area contributed by atoms with Crippen LogP contribution in [0.3, 0.4) is 0 Å². The Morgan fingerprint density at radius 1 is 0.975 bits per heavy atom. The number of methoxy groups -OCH3 is 2. The van der Waals surface area contributed by atoms with Gasteiger partial charge in [0.25, 0.3) is 5.91 Å². The van der Waals surface area contributed by atoms with E-state index in [4.69, 9.17) is 9.47 Å². The van der Waals surface area contributed by atoms with E-state index in [1.54, 1.807) is 14.2 Å². The van der Waals surface area contributed by atoms with Crippen molar-refractivity contribution in [2.75, 3.05) is 60.0 Å². The van der Waals surface area contributed by atoms with E-state index in [1.165, 1.54) is 0 Å². The minimum absolute atomic E-state index is 0.0195. The van der Waals surface area contributed by atoms with Crippen LogP contribution in [0.15, 0.2) is 54.6 Å². The van der Waals surface area contributed by atoms with E-state index in [2.05, 4.69) is 32.6 Å². The van der Waals surface area contributed by atoms with Crippen LogP contribution in [0.25, 0.3) is 6.08 Å². The van der Waals surface area contributed by atoms with Crippen molar-refractivity contribution in [3.8, 4) is 11.5 Å². The van der Waals surface area contributed by atoms with E-state index >= 15 is 0 Å². The van der Waals surface area contributed by atoms with Crippen LogP contribution in [0.4, 0.5) is 0 Å². The number of amides is 2. The number of para-hydroxylation sites is 1. The van der Waals surface area contributed by atoms with Gasteiger partial charge in [-0.2, -0.15) is 0 Å². The monoisotopic (exact) mass is 549 g/mol. The third-order valence-corrected chi connectivity index (χ3v) is 7.28. The summed E-state index contributed by atoms with van der Waals surface area (Å²) in [7, 11) is 3.28. The summed E-state index contributed by atoms with van der Waals surface area (Å²) >= 11 is 0. The molecule has 0 bridgehead atoms. The average molecular weight is 550 g/mol. The SMILES string of the molecule is COc1ccc(C(=O)N(C/C=C/c2ccccc2OC)CCN2CCN(C(=O)CC(C)CC(C)(C)C)CC2)cc1. The normalized spacial score (nSPS) is 15.2. The number of carbonyl (C=O) groups is 2. The van der Waals surface area contributed by atoms with Crippen molar-refractivity contribution in [3.63, 3.8) is 0 Å². The number of nitrogens with zero attached hydrogens (tertiary/aromatic N) is 3. The molecule has 0 saturated carbocycles. The molecule has 1 aliphatic rings. The smallest absolute Gasteiger partial charge is 0.254 e. The first-order valence-corrected chi connectivity index (χ1v) is 14.3. The van der Waals surface area contributed by atoms with Crippen molar-refractivity contribution >= 4 is 17.9 Å². The fourth-order valence-electron chi connectivity index (χ4n) is 5.33. The van der Waals surface area contributed by atoms with Crippen molar-refractivity contribution in [2.24, 2.45) is 11.3 Å². The molecular weight excluding hydrogens is 502 g/mol. The van der Waals surface area contributed by atoms with Gasteiger partial charge in [0.05, 0.1) is 14.2 Å². The predicted molar refractivity (Wildman–Crippen MR) is 162 cm³/mol. The molecule has 7 heteroatoms. The van der Waals surface area contributed by atoms with Gasteiger partial charge in [-0.05, 0) is 48.1 Å². The van der Waals surface area contributed by atoms with Gasteiger partial charge in [0.1, 0.15) is 11.5 Å². The van der Waals surface area contributed by atoms with Crippen LogP contribution < -0.4 is 9.47 Å². The maximum absolute atomic E-state index is 13.5. The number of benzene rings is 2. The van der Waals surface area contributed by atoms with Crippen LogP contribution >= 0.6 is 0 Å². The first-order valence-electron chi connectivity index (χ1n) is 14.3. The van der Waals surface area contributed by atoms with Crippen LogP contribution in [0.2, 0.25) is 0 Å². The Kier molecular flexibility index (Phi) is 11.6. The van der Waals surface area contributed by atoms with Gasteiger partial charge in [0.2, 0.25) is 5.91 Å². The zero-order chi connectivity index (χ0) is 29.1. The molecule has 0 radical (unpaired) electrons. The molecule has 0 aliphatic carbocycles. The summed E-state index contributed by atoms with van der Waals surface area (Å²) in [6.07, 6.45) is 5.66. The van der Waals surface area contributed by atoms with Crippen molar-refractivity contribution in [2.45, 2.75) is 40.5 Å². The highest BCUT2D eigenvalue weighted by Gasteiger charge is 2.25.